The first-order valence-electron chi connectivity index (χ1n) is 5.66. The molecule has 1 unspecified atom stereocenters. The molecule has 0 heterocycles. The maximum Gasteiger partial charge on any atom is 0.141 e. The van der Waals surface area contributed by atoms with Gasteiger partial charge in [-0.2, -0.15) is 0 Å². The number of halogens is 2. The van der Waals surface area contributed by atoms with Crippen molar-refractivity contribution in [3.05, 3.63) is 58.4 Å². The summed E-state index contributed by atoms with van der Waals surface area (Å²) in [5, 5.41) is -0.0184. The average Bonchev–Trinajstić information content (AvgIpc) is 2.38. The first kappa shape index (κ1) is 14.0. The number of anilines is 1. The second kappa shape index (κ2) is 5.72. The van der Waals surface area contributed by atoms with Crippen LogP contribution in [0.3, 0.4) is 0 Å². The van der Waals surface area contributed by atoms with Crippen molar-refractivity contribution in [1.29, 1.82) is 0 Å². The lowest BCUT2D eigenvalue weighted by molar-refractivity contribution is 0.626. The van der Waals surface area contributed by atoms with Gasteiger partial charge in [-0.1, -0.05) is 23.7 Å². The van der Waals surface area contributed by atoms with Crippen LogP contribution in [0.1, 0.15) is 11.1 Å². The molecular formula is C14H13ClFNOS. The molecule has 2 nitrogen and oxygen atoms in total. The molecule has 0 bridgehead atoms. The maximum absolute atomic E-state index is 13.1. The summed E-state index contributed by atoms with van der Waals surface area (Å²) in [6.45, 7) is 1.89. The Labute approximate surface area is 118 Å². The summed E-state index contributed by atoms with van der Waals surface area (Å²) in [6.07, 6.45) is 0. The number of benzene rings is 2. The van der Waals surface area contributed by atoms with E-state index >= 15 is 0 Å². The van der Waals surface area contributed by atoms with Crippen molar-refractivity contribution < 1.29 is 8.60 Å². The molecule has 0 saturated heterocycles. The fourth-order valence-electron chi connectivity index (χ4n) is 1.70. The summed E-state index contributed by atoms with van der Waals surface area (Å²) in [5.41, 5.74) is 8.32. The zero-order chi connectivity index (χ0) is 14.0. The summed E-state index contributed by atoms with van der Waals surface area (Å²) in [6, 6.07) is 9.62. The Balaban J connectivity index is 2.26. The van der Waals surface area contributed by atoms with E-state index in [0.29, 0.717) is 16.3 Å². The predicted octanol–water partition coefficient (Wildman–Crippen LogP) is 3.68. The summed E-state index contributed by atoms with van der Waals surface area (Å²) < 4.78 is 25.3. The zero-order valence-corrected chi connectivity index (χ0v) is 11.9. The molecule has 0 amide bonds. The molecule has 0 aliphatic carbocycles. The Bertz CT molecular complexity index is 645. The normalized spacial score (nSPS) is 12.4. The van der Waals surface area contributed by atoms with Crippen molar-refractivity contribution in [2.24, 2.45) is 0 Å². The van der Waals surface area contributed by atoms with Crippen LogP contribution in [0.2, 0.25) is 5.02 Å². The van der Waals surface area contributed by atoms with E-state index in [0.717, 1.165) is 11.1 Å². The van der Waals surface area contributed by atoms with Gasteiger partial charge in [-0.15, -0.1) is 0 Å². The molecule has 0 aliphatic heterocycles. The van der Waals surface area contributed by atoms with E-state index in [1.54, 1.807) is 6.07 Å². The Morgan fingerprint density at radius 2 is 2.05 bits per heavy atom. The molecule has 2 aromatic rings. The fourth-order valence-corrected chi connectivity index (χ4v) is 3.18. The van der Waals surface area contributed by atoms with E-state index in [1.165, 1.54) is 18.2 Å². The molecule has 19 heavy (non-hydrogen) atoms. The van der Waals surface area contributed by atoms with Crippen molar-refractivity contribution in [1.82, 2.24) is 0 Å². The maximum atomic E-state index is 13.1. The van der Waals surface area contributed by atoms with Crippen LogP contribution in [0.25, 0.3) is 0 Å². The molecule has 0 fully saturated rings. The highest BCUT2D eigenvalue weighted by Gasteiger charge is 2.10. The van der Waals surface area contributed by atoms with Crippen LogP contribution in [0.15, 0.2) is 41.3 Å². The quantitative estimate of drug-likeness (QED) is 0.878. The Morgan fingerprint density at radius 1 is 1.32 bits per heavy atom. The van der Waals surface area contributed by atoms with Crippen LogP contribution in [0.4, 0.5) is 10.1 Å². The first-order chi connectivity index (χ1) is 8.99. The second-order valence-electron chi connectivity index (χ2n) is 4.20. The minimum Gasteiger partial charge on any atom is -0.399 e. The van der Waals surface area contributed by atoms with Crippen molar-refractivity contribution in [3.8, 4) is 0 Å². The van der Waals surface area contributed by atoms with Gasteiger partial charge in [-0.25, -0.2) is 4.39 Å². The standard InChI is InChI=1S/C14H13ClFNOS/c1-9-10(3-2-4-14(9)17)8-19(18)11-5-6-13(16)12(15)7-11/h2-7H,8,17H2,1H3. The smallest absolute Gasteiger partial charge is 0.141 e. The predicted molar refractivity (Wildman–Crippen MR) is 77.1 cm³/mol. The largest absolute Gasteiger partial charge is 0.399 e. The average molecular weight is 298 g/mol. The summed E-state index contributed by atoms with van der Waals surface area (Å²) >= 11 is 5.69. The van der Waals surface area contributed by atoms with Gasteiger partial charge in [0.1, 0.15) is 5.82 Å². The molecule has 1 atom stereocenters. The van der Waals surface area contributed by atoms with Crippen LogP contribution in [0.5, 0.6) is 0 Å². The third-order valence-electron chi connectivity index (χ3n) is 2.93. The van der Waals surface area contributed by atoms with Crippen LogP contribution in [0, 0.1) is 12.7 Å². The van der Waals surface area contributed by atoms with E-state index in [4.69, 9.17) is 17.3 Å². The highest BCUT2D eigenvalue weighted by molar-refractivity contribution is 7.84. The summed E-state index contributed by atoms with van der Waals surface area (Å²) in [5.74, 6) is -0.179. The van der Waals surface area contributed by atoms with E-state index in [2.05, 4.69) is 0 Å². The second-order valence-corrected chi connectivity index (χ2v) is 6.06. The third-order valence-corrected chi connectivity index (χ3v) is 4.57. The van der Waals surface area contributed by atoms with E-state index in [-0.39, 0.29) is 5.02 Å². The molecule has 100 valence electrons. The monoisotopic (exact) mass is 297 g/mol. The number of nitrogens with two attached hydrogens (primary N) is 1. The highest BCUT2D eigenvalue weighted by atomic mass is 35.5. The molecule has 0 aromatic heterocycles. The molecule has 2 N–H and O–H groups in total. The van der Waals surface area contributed by atoms with Gasteiger partial charge in [-0.05, 0) is 42.3 Å². The van der Waals surface area contributed by atoms with Gasteiger partial charge in [0, 0.05) is 10.6 Å². The SMILES string of the molecule is Cc1c(N)cccc1CS(=O)c1ccc(F)c(Cl)c1. The van der Waals surface area contributed by atoms with Gasteiger partial charge < -0.3 is 5.73 Å². The number of rotatable bonds is 3. The molecule has 2 rings (SSSR count). The fraction of sp³-hybridized carbons (Fsp3) is 0.143. The molecule has 5 heteroatoms. The molecule has 0 aliphatic rings. The topological polar surface area (TPSA) is 43.1 Å². The van der Waals surface area contributed by atoms with Crippen LogP contribution in [-0.4, -0.2) is 4.21 Å². The van der Waals surface area contributed by atoms with Gasteiger partial charge in [0.05, 0.1) is 21.6 Å². The summed E-state index contributed by atoms with van der Waals surface area (Å²) in [4.78, 5) is 0.508. The minimum atomic E-state index is -1.28. The minimum absolute atomic E-state index is 0.0184. The Kier molecular flexibility index (Phi) is 4.22. The van der Waals surface area contributed by atoms with Crippen LogP contribution < -0.4 is 5.73 Å². The highest BCUT2D eigenvalue weighted by Crippen LogP contribution is 2.22. The lowest BCUT2D eigenvalue weighted by Gasteiger charge is -2.08. The van der Waals surface area contributed by atoms with Crippen LogP contribution in [-0.2, 0) is 16.6 Å². The lowest BCUT2D eigenvalue weighted by atomic mass is 10.1. The number of hydrogen-bond acceptors (Lipinski definition) is 2. The number of hydrogen-bond donors (Lipinski definition) is 1. The molecule has 0 radical (unpaired) electrons. The number of nitrogen functional groups attached to an aromatic ring is 1. The van der Waals surface area contributed by atoms with E-state index < -0.39 is 16.6 Å². The van der Waals surface area contributed by atoms with Gasteiger partial charge in [0.25, 0.3) is 0 Å². The lowest BCUT2D eigenvalue weighted by Crippen LogP contribution is -2.01. The van der Waals surface area contributed by atoms with Gasteiger partial charge in [-0.3, -0.25) is 4.21 Å². The van der Waals surface area contributed by atoms with Gasteiger partial charge >= 0.3 is 0 Å². The van der Waals surface area contributed by atoms with Crippen molar-refractivity contribution in [2.75, 3.05) is 5.73 Å². The zero-order valence-electron chi connectivity index (χ0n) is 10.3. The van der Waals surface area contributed by atoms with Crippen LogP contribution >= 0.6 is 11.6 Å². The summed E-state index contributed by atoms with van der Waals surface area (Å²) in [7, 11) is -1.28. The van der Waals surface area contributed by atoms with Gasteiger partial charge in [0.15, 0.2) is 0 Å². The van der Waals surface area contributed by atoms with Crippen molar-refractivity contribution in [3.63, 3.8) is 0 Å². The van der Waals surface area contributed by atoms with Crippen molar-refractivity contribution in [2.45, 2.75) is 17.6 Å². The van der Waals surface area contributed by atoms with Crippen molar-refractivity contribution >= 4 is 28.1 Å². The third kappa shape index (κ3) is 3.14. The molecule has 0 saturated carbocycles. The molecule has 0 spiro atoms. The molecule has 2 aromatic carbocycles. The Hall–Kier alpha value is -1.39. The van der Waals surface area contributed by atoms with Gasteiger partial charge in [0.2, 0.25) is 0 Å². The van der Waals surface area contributed by atoms with E-state index in [9.17, 15) is 8.60 Å². The Morgan fingerprint density at radius 3 is 2.74 bits per heavy atom. The molecular weight excluding hydrogens is 285 g/mol. The first-order valence-corrected chi connectivity index (χ1v) is 7.36. The van der Waals surface area contributed by atoms with E-state index in [1.807, 2.05) is 19.1 Å².